The highest BCUT2D eigenvalue weighted by Gasteiger charge is 2.14. The summed E-state index contributed by atoms with van der Waals surface area (Å²) in [6.45, 7) is 4.90. The number of nitrogens with one attached hydrogen (secondary N) is 2. The molecule has 0 unspecified atom stereocenters. The third kappa shape index (κ3) is 5.80. The molecule has 0 saturated carbocycles. The minimum atomic E-state index is -0.273. The van der Waals surface area contributed by atoms with Gasteiger partial charge < -0.3 is 20.5 Å². The zero-order chi connectivity index (χ0) is 18.1. The van der Waals surface area contributed by atoms with Gasteiger partial charge in [-0.3, -0.25) is 0 Å². The lowest BCUT2D eigenvalue weighted by Crippen LogP contribution is -2.38. The molecule has 0 saturated heterocycles. The Morgan fingerprint density at radius 1 is 1.20 bits per heavy atom. The van der Waals surface area contributed by atoms with E-state index in [1.54, 1.807) is 0 Å². The van der Waals surface area contributed by atoms with Gasteiger partial charge in [0.15, 0.2) is 0 Å². The van der Waals surface area contributed by atoms with Gasteiger partial charge in [0.05, 0.1) is 12.6 Å². The molecule has 2 amide bonds. The van der Waals surface area contributed by atoms with Gasteiger partial charge in [0.2, 0.25) is 0 Å². The SMILES string of the molecule is CCOc1cc(C)ccc1CNC(=O)N[C@H](CCO)c1ccccc1. The summed E-state index contributed by atoms with van der Waals surface area (Å²) in [5.41, 5.74) is 3.02. The molecule has 2 aromatic carbocycles. The normalized spacial score (nSPS) is 11.6. The smallest absolute Gasteiger partial charge is 0.315 e. The fourth-order valence-corrected chi connectivity index (χ4v) is 2.62. The molecule has 0 heterocycles. The standard InChI is InChI=1S/C20H26N2O3/c1-3-25-19-13-15(2)9-10-17(19)14-21-20(24)22-18(11-12-23)16-7-5-4-6-8-16/h4-10,13,18,23H,3,11-12,14H2,1-2H3,(H2,21,22,24)/t18-/m1/s1. The predicted octanol–water partition coefficient (Wildman–Crippen LogP) is 3.32. The van der Waals surface area contributed by atoms with Crippen LogP contribution < -0.4 is 15.4 Å². The first-order valence-electron chi connectivity index (χ1n) is 8.56. The number of carbonyl (C=O) groups is 1. The Morgan fingerprint density at radius 3 is 2.64 bits per heavy atom. The second kappa shape index (κ2) is 9.69. The Hall–Kier alpha value is -2.53. The molecule has 0 fully saturated rings. The van der Waals surface area contributed by atoms with Crippen LogP contribution in [0.5, 0.6) is 5.75 Å². The Bertz CT molecular complexity index is 674. The molecule has 25 heavy (non-hydrogen) atoms. The second-order valence-electron chi connectivity index (χ2n) is 5.85. The maximum Gasteiger partial charge on any atom is 0.315 e. The number of carbonyl (C=O) groups excluding carboxylic acids is 1. The average Bonchev–Trinajstić information content (AvgIpc) is 2.62. The minimum absolute atomic E-state index is 0.00624. The van der Waals surface area contributed by atoms with Gasteiger partial charge in [-0.1, -0.05) is 42.5 Å². The molecule has 2 rings (SSSR count). The number of aliphatic hydroxyl groups is 1. The predicted molar refractivity (Wildman–Crippen MR) is 98.6 cm³/mol. The van der Waals surface area contributed by atoms with Gasteiger partial charge >= 0.3 is 6.03 Å². The molecule has 0 aliphatic heterocycles. The minimum Gasteiger partial charge on any atom is -0.494 e. The van der Waals surface area contributed by atoms with E-state index in [-0.39, 0.29) is 18.7 Å². The van der Waals surface area contributed by atoms with Crippen molar-refractivity contribution in [2.24, 2.45) is 0 Å². The molecule has 0 aromatic heterocycles. The Labute approximate surface area is 149 Å². The number of amides is 2. The van der Waals surface area contributed by atoms with Crippen LogP contribution >= 0.6 is 0 Å². The number of hydrogen-bond acceptors (Lipinski definition) is 3. The summed E-state index contributed by atoms with van der Waals surface area (Å²) in [5, 5.41) is 15.0. The van der Waals surface area contributed by atoms with Gasteiger partial charge in [-0.15, -0.1) is 0 Å². The van der Waals surface area contributed by atoms with E-state index in [1.807, 2.05) is 62.4 Å². The van der Waals surface area contributed by atoms with Crippen molar-refractivity contribution in [1.29, 1.82) is 0 Å². The van der Waals surface area contributed by atoms with Crippen molar-refractivity contribution in [3.05, 3.63) is 65.2 Å². The molecule has 5 nitrogen and oxygen atoms in total. The third-order valence-corrected chi connectivity index (χ3v) is 3.89. The van der Waals surface area contributed by atoms with Crippen molar-refractivity contribution in [2.45, 2.75) is 32.9 Å². The molecule has 0 bridgehead atoms. The van der Waals surface area contributed by atoms with Crippen LogP contribution in [0.4, 0.5) is 4.79 Å². The summed E-state index contributed by atoms with van der Waals surface area (Å²) in [5.74, 6) is 0.790. The number of rotatable bonds is 8. The monoisotopic (exact) mass is 342 g/mol. The van der Waals surface area contributed by atoms with Crippen LogP contribution in [-0.2, 0) is 6.54 Å². The average molecular weight is 342 g/mol. The fraction of sp³-hybridized carbons (Fsp3) is 0.350. The molecule has 0 spiro atoms. The van der Waals surface area contributed by atoms with E-state index in [0.717, 1.165) is 22.4 Å². The number of aryl methyl sites for hydroxylation is 1. The number of urea groups is 1. The highest BCUT2D eigenvalue weighted by atomic mass is 16.5. The van der Waals surface area contributed by atoms with E-state index in [2.05, 4.69) is 10.6 Å². The molecule has 0 aliphatic rings. The van der Waals surface area contributed by atoms with E-state index in [1.165, 1.54) is 0 Å². The zero-order valence-corrected chi connectivity index (χ0v) is 14.8. The van der Waals surface area contributed by atoms with E-state index in [0.29, 0.717) is 19.6 Å². The molecule has 5 heteroatoms. The molecule has 0 radical (unpaired) electrons. The molecular weight excluding hydrogens is 316 g/mol. The molecular formula is C20H26N2O3. The van der Waals surface area contributed by atoms with Gasteiger partial charge in [-0.25, -0.2) is 4.79 Å². The Kier molecular flexibility index (Phi) is 7.29. The highest BCUT2D eigenvalue weighted by molar-refractivity contribution is 5.74. The van der Waals surface area contributed by atoms with Crippen molar-refractivity contribution >= 4 is 6.03 Å². The summed E-state index contributed by atoms with van der Waals surface area (Å²) in [6, 6.07) is 15.1. The number of aliphatic hydroxyl groups excluding tert-OH is 1. The van der Waals surface area contributed by atoms with E-state index < -0.39 is 0 Å². The van der Waals surface area contributed by atoms with Crippen molar-refractivity contribution in [3.63, 3.8) is 0 Å². The van der Waals surface area contributed by atoms with E-state index >= 15 is 0 Å². The fourth-order valence-electron chi connectivity index (χ4n) is 2.62. The molecule has 134 valence electrons. The number of ether oxygens (including phenoxy) is 1. The summed E-state index contributed by atoms with van der Waals surface area (Å²) >= 11 is 0. The van der Waals surface area contributed by atoms with E-state index in [9.17, 15) is 9.90 Å². The number of benzene rings is 2. The summed E-state index contributed by atoms with van der Waals surface area (Å²) in [4.78, 5) is 12.3. The lowest BCUT2D eigenvalue weighted by atomic mass is 10.0. The third-order valence-electron chi connectivity index (χ3n) is 3.89. The first-order valence-corrected chi connectivity index (χ1v) is 8.56. The van der Waals surface area contributed by atoms with Crippen LogP contribution in [0, 0.1) is 6.92 Å². The van der Waals surface area contributed by atoms with Gasteiger partial charge in [-0.05, 0) is 37.5 Å². The van der Waals surface area contributed by atoms with Crippen LogP contribution in [0.25, 0.3) is 0 Å². The van der Waals surface area contributed by atoms with Gasteiger partial charge in [-0.2, -0.15) is 0 Å². The van der Waals surface area contributed by atoms with Crippen molar-refractivity contribution in [1.82, 2.24) is 10.6 Å². The zero-order valence-electron chi connectivity index (χ0n) is 14.8. The quantitative estimate of drug-likeness (QED) is 0.689. The maximum absolute atomic E-state index is 12.3. The first kappa shape index (κ1) is 18.8. The van der Waals surface area contributed by atoms with Gasteiger partial charge in [0, 0.05) is 18.7 Å². The van der Waals surface area contributed by atoms with Crippen LogP contribution in [0.2, 0.25) is 0 Å². The van der Waals surface area contributed by atoms with E-state index in [4.69, 9.17) is 4.74 Å². The summed E-state index contributed by atoms with van der Waals surface area (Å²) < 4.78 is 5.63. The Morgan fingerprint density at radius 2 is 1.96 bits per heavy atom. The Balaban J connectivity index is 1.97. The second-order valence-corrected chi connectivity index (χ2v) is 5.85. The lowest BCUT2D eigenvalue weighted by Gasteiger charge is -2.19. The summed E-state index contributed by atoms with van der Waals surface area (Å²) in [6.07, 6.45) is 0.464. The molecule has 2 aromatic rings. The van der Waals surface area contributed by atoms with Crippen LogP contribution in [0.3, 0.4) is 0 Å². The van der Waals surface area contributed by atoms with Crippen molar-refractivity contribution < 1.29 is 14.6 Å². The van der Waals surface area contributed by atoms with Crippen molar-refractivity contribution in [2.75, 3.05) is 13.2 Å². The highest BCUT2D eigenvalue weighted by Crippen LogP contribution is 2.20. The topological polar surface area (TPSA) is 70.6 Å². The molecule has 1 atom stereocenters. The van der Waals surface area contributed by atoms with Crippen LogP contribution in [0.1, 0.15) is 36.1 Å². The molecule has 3 N–H and O–H groups in total. The van der Waals surface area contributed by atoms with Crippen molar-refractivity contribution in [3.8, 4) is 5.75 Å². The molecule has 0 aliphatic carbocycles. The van der Waals surface area contributed by atoms with Gasteiger partial charge in [0.25, 0.3) is 0 Å². The number of hydrogen-bond donors (Lipinski definition) is 3. The van der Waals surface area contributed by atoms with Crippen LogP contribution in [0.15, 0.2) is 48.5 Å². The van der Waals surface area contributed by atoms with Crippen LogP contribution in [-0.4, -0.2) is 24.4 Å². The largest absolute Gasteiger partial charge is 0.494 e. The summed E-state index contributed by atoms with van der Waals surface area (Å²) in [7, 11) is 0. The van der Waals surface area contributed by atoms with Gasteiger partial charge in [0.1, 0.15) is 5.75 Å². The lowest BCUT2D eigenvalue weighted by molar-refractivity contribution is 0.228. The maximum atomic E-state index is 12.3. The first-order chi connectivity index (χ1) is 12.1.